The first-order chi connectivity index (χ1) is 17.1. The Balaban J connectivity index is 1.38. The summed E-state index contributed by atoms with van der Waals surface area (Å²) in [6, 6.07) is 5.91. The highest BCUT2D eigenvalue weighted by Crippen LogP contribution is 2.33. The van der Waals surface area contributed by atoms with Gasteiger partial charge in [-0.15, -0.1) is 0 Å². The van der Waals surface area contributed by atoms with Gasteiger partial charge in [-0.2, -0.15) is 9.61 Å². The van der Waals surface area contributed by atoms with Gasteiger partial charge in [-0.3, -0.25) is 0 Å². The van der Waals surface area contributed by atoms with Crippen molar-refractivity contribution >= 4 is 28.2 Å². The topological polar surface area (TPSA) is 75.3 Å². The Bertz CT molecular complexity index is 1380. The molecule has 0 amide bonds. The maximum Gasteiger partial charge on any atom is 0.167 e. The van der Waals surface area contributed by atoms with Crippen molar-refractivity contribution in [1.82, 2.24) is 34.4 Å². The number of halogens is 1. The van der Waals surface area contributed by atoms with Crippen LogP contribution < -0.4 is 10.6 Å². The lowest BCUT2D eigenvalue weighted by molar-refractivity contribution is 0.221. The quantitative estimate of drug-likeness (QED) is 0.403. The van der Waals surface area contributed by atoms with Crippen LogP contribution in [-0.4, -0.2) is 67.9 Å². The molecule has 1 aliphatic heterocycles. The van der Waals surface area contributed by atoms with Gasteiger partial charge in [-0.25, -0.2) is 14.4 Å². The molecule has 2 fully saturated rings. The summed E-state index contributed by atoms with van der Waals surface area (Å²) >= 11 is 0. The summed E-state index contributed by atoms with van der Waals surface area (Å²) in [5, 5.41) is 12.0. The molecule has 2 N–H and O–H groups in total. The highest BCUT2D eigenvalue weighted by atomic mass is 19.1. The van der Waals surface area contributed by atoms with Crippen LogP contribution in [0.15, 0.2) is 43.4 Å². The first kappa shape index (κ1) is 22.0. The molecule has 182 valence electrons. The summed E-state index contributed by atoms with van der Waals surface area (Å²) in [7, 11) is 1.87. The molecular weight excluding hydrogens is 443 g/mol. The normalized spacial score (nSPS) is 20.4. The molecule has 1 aliphatic carbocycles. The van der Waals surface area contributed by atoms with Crippen LogP contribution in [0.1, 0.15) is 31.2 Å². The Kier molecular flexibility index (Phi) is 5.64. The van der Waals surface area contributed by atoms with Crippen LogP contribution in [0.2, 0.25) is 0 Å². The molecule has 8 nitrogen and oxygen atoms in total. The average Bonchev–Trinajstić information content (AvgIpc) is 3.27. The number of piperidine rings is 1. The number of anilines is 1. The standard InChI is InChI=1S/C26H31FN8/c1-17(31-23-13-21(23)27)19-15-30-35-24(28-2)14-22(32-26(19)35)20-16-34(25-18(20)7-6-8-29-25)12-11-33-9-4-3-5-10-33/h6-8,14-16,21,23,28,31H,1,3-5,9-13H2,2H3/t21-,23+/m1/s1. The maximum atomic E-state index is 13.5. The maximum absolute atomic E-state index is 13.5. The largest absolute Gasteiger partial charge is 0.379 e. The van der Waals surface area contributed by atoms with Crippen molar-refractivity contribution in [3.05, 3.63) is 48.9 Å². The molecule has 4 aromatic heterocycles. The molecule has 6 rings (SSSR count). The number of nitrogens with zero attached hydrogens (tertiary/aromatic N) is 6. The predicted molar refractivity (Wildman–Crippen MR) is 137 cm³/mol. The van der Waals surface area contributed by atoms with Crippen LogP contribution in [0, 0.1) is 0 Å². The van der Waals surface area contributed by atoms with Gasteiger partial charge in [-0.1, -0.05) is 13.0 Å². The van der Waals surface area contributed by atoms with E-state index < -0.39 is 6.17 Å². The summed E-state index contributed by atoms with van der Waals surface area (Å²) in [6.07, 6.45) is 9.36. The lowest BCUT2D eigenvalue weighted by Gasteiger charge is -2.26. The second-order valence-electron chi connectivity index (χ2n) is 9.56. The molecule has 35 heavy (non-hydrogen) atoms. The molecule has 9 heteroatoms. The molecular formula is C26H31FN8. The van der Waals surface area contributed by atoms with Gasteiger partial charge < -0.3 is 20.1 Å². The van der Waals surface area contributed by atoms with Crippen molar-refractivity contribution in [3.63, 3.8) is 0 Å². The number of hydrogen-bond donors (Lipinski definition) is 2. The van der Waals surface area contributed by atoms with Crippen molar-refractivity contribution < 1.29 is 4.39 Å². The van der Waals surface area contributed by atoms with E-state index in [9.17, 15) is 4.39 Å². The first-order valence-corrected chi connectivity index (χ1v) is 12.5. The van der Waals surface area contributed by atoms with E-state index >= 15 is 0 Å². The minimum Gasteiger partial charge on any atom is -0.379 e. The van der Waals surface area contributed by atoms with E-state index in [1.54, 1.807) is 10.7 Å². The summed E-state index contributed by atoms with van der Waals surface area (Å²) < 4.78 is 17.5. The summed E-state index contributed by atoms with van der Waals surface area (Å²) in [6.45, 7) is 8.39. The lowest BCUT2D eigenvalue weighted by atomic mass is 10.1. The molecule has 4 aromatic rings. The SMILES string of the molecule is C=C(N[C@H]1C[C@H]1F)c1cnn2c(NC)cc(-c3cn(CCN4CCCCC4)c4ncccc34)nc12. The molecule has 0 spiro atoms. The van der Waals surface area contributed by atoms with E-state index in [-0.39, 0.29) is 6.04 Å². The average molecular weight is 475 g/mol. The van der Waals surface area contributed by atoms with E-state index in [0.29, 0.717) is 17.8 Å². The molecule has 1 saturated carbocycles. The Morgan fingerprint density at radius 1 is 1.20 bits per heavy atom. The number of aromatic nitrogens is 5. The molecule has 0 radical (unpaired) electrons. The number of nitrogens with one attached hydrogen (secondary N) is 2. The summed E-state index contributed by atoms with van der Waals surface area (Å²) in [5.74, 6) is 0.817. The van der Waals surface area contributed by atoms with Crippen LogP contribution >= 0.6 is 0 Å². The minimum absolute atomic E-state index is 0.173. The molecule has 0 aromatic carbocycles. The van der Waals surface area contributed by atoms with Crippen molar-refractivity contribution in [1.29, 1.82) is 0 Å². The van der Waals surface area contributed by atoms with Gasteiger partial charge in [0, 0.05) is 61.7 Å². The Morgan fingerprint density at radius 3 is 2.80 bits per heavy atom. The second-order valence-corrected chi connectivity index (χ2v) is 9.56. The van der Waals surface area contributed by atoms with Gasteiger partial charge >= 0.3 is 0 Å². The highest BCUT2D eigenvalue weighted by molar-refractivity contribution is 5.94. The smallest absolute Gasteiger partial charge is 0.167 e. The number of pyridine rings is 1. The van der Waals surface area contributed by atoms with Crippen LogP contribution in [0.25, 0.3) is 33.6 Å². The zero-order chi connectivity index (χ0) is 23.9. The monoisotopic (exact) mass is 474 g/mol. The van der Waals surface area contributed by atoms with Crippen LogP contribution in [-0.2, 0) is 6.54 Å². The van der Waals surface area contributed by atoms with Crippen molar-refractivity contribution in [2.45, 2.75) is 44.4 Å². The molecule has 2 atom stereocenters. The number of alkyl halides is 1. The fourth-order valence-corrected chi connectivity index (χ4v) is 5.04. The van der Waals surface area contributed by atoms with Gasteiger partial charge in [0.15, 0.2) is 5.65 Å². The molecule has 2 aliphatic rings. The van der Waals surface area contributed by atoms with Crippen molar-refractivity contribution in [2.75, 3.05) is 32.0 Å². The third kappa shape index (κ3) is 4.14. The van der Waals surface area contributed by atoms with Gasteiger partial charge in [0.05, 0.1) is 23.5 Å². The van der Waals surface area contributed by atoms with Gasteiger partial charge in [0.2, 0.25) is 0 Å². The molecule has 1 saturated heterocycles. The van der Waals surface area contributed by atoms with Crippen molar-refractivity contribution in [2.24, 2.45) is 0 Å². The lowest BCUT2D eigenvalue weighted by Crippen LogP contribution is -2.32. The second kappa shape index (κ2) is 8.96. The zero-order valence-electron chi connectivity index (χ0n) is 20.0. The summed E-state index contributed by atoms with van der Waals surface area (Å²) in [4.78, 5) is 12.3. The van der Waals surface area contributed by atoms with Gasteiger partial charge in [-0.05, 0) is 38.1 Å². The Morgan fingerprint density at radius 2 is 2.03 bits per heavy atom. The fraction of sp³-hybridized carbons (Fsp3) is 0.423. The van der Waals surface area contributed by atoms with Gasteiger partial charge in [0.25, 0.3) is 0 Å². The molecule has 0 bridgehead atoms. The van der Waals surface area contributed by atoms with E-state index in [4.69, 9.17) is 9.97 Å². The number of fused-ring (bicyclic) bond motifs is 2. The third-order valence-electron chi connectivity index (χ3n) is 7.14. The van der Waals surface area contributed by atoms with Gasteiger partial charge in [0.1, 0.15) is 17.6 Å². The van der Waals surface area contributed by atoms with Crippen molar-refractivity contribution in [3.8, 4) is 11.3 Å². The Hall–Kier alpha value is -3.46. The van der Waals surface area contributed by atoms with Crippen LogP contribution in [0.5, 0.6) is 0 Å². The predicted octanol–water partition coefficient (Wildman–Crippen LogP) is 3.94. The van der Waals surface area contributed by atoms with Crippen LogP contribution in [0.4, 0.5) is 10.2 Å². The zero-order valence-corrected chi connectivity index (χ0v) is 20.0. The fourth-order valence-electron chi connectivity index (χ4n) is 5.04. The number of hydrogen-bond acceptors (Lipinski definition) is 6. The highest BCUT2D eigenvalue weighted by Gasteiger charge is 2.38. The molecule has 5 heterocycles. The third-order valence-corrected chi connectivity index (χ3v) is 7.14. The number of likely N-dealkylation sites (tertiary alicyclic amines) is 1. The summed E-state index contributed by atoms with van der Waals surface area (Å²) in [5.41, 5.74) is 4.92. The van der Waals surface area contributed by atoms with E-state index in [0.717, 1.165) is 46.8 Å². The van der Waals surface area contributed by atoms with E-state index in [1.165, 1.54) is 32.4 Å². The number of rotatable bonds is 8. The Labute approximate surface area is 203 Å². The van der Waals surface area contributed by atoms with Crippen LogP contribution in [0.3, 0.4) is 0 Å². The molecule has 0 unspecified atom stereocenters. The van der Waals surface area contributed by atoms with E-state index in [1.807, 2.05) is 25.4 Å². The minimum atomic E-state index is -0.812. The van der Waals surface area contributed by atoms with E-state index in [2.05, 4.69) is 44.0 Å². The first-order valence-electron chi connectivity index (χ1n) is 12.5.